The van der Waals surface area contributed by atoms with Crippen molar-refractivity contribution in [2.45, 2.75) is 38.5 Å². The summed E-state index contributed by atoms with van der Waals surface area (Å²) in [7, 11) is 0. The molecule has 0 atom stereocenters. The molecule has 4 aromatic rings. The fourth-order valence-corrected chi connectivity index (χ4v) is 3.91. The molecule has 0 saturated carbocycles. The van der Waals surface area contributed by atoms with Gasteiger partial charge in [0.15, 0.2) is 0 Å². The summed E-state index contributed by atoms with van der Waals surface area (Å²) >= 11 is 0. The zero-order valence-corrected chi connectivity index (χ0v) is 19.3. The van der Waals surface area contributed by atoms with Crippen LogP contribution in [-0.2, 0) is 10.8 Å². The van der Waals surface area contributed by atoms with E-state index >= 15 is 0 Å². The molecule has 0 unspecified atom stereocenters. The van der Waals surface area contributed by atoms with Crippen LogP contribution >= 0.6 is 0 Å². The third kappa shape index (κ3) is 5.20. The quantitative estimate of drug-likeness (QED) is 0.357. The Labute approximate surface area is 191 Å². The molecule has 0 saturated heterocycles. The van der Waals surface area contributed by atoms with Crippen LogP contribution in [0.15, 0.2) is 109 Å². The number of rotatable bonds is 4. The molecule has 0 aromatic heterocycles. The lowest BCUT2D eigenvalue weighted by Crippen LogP contribution is -2.18. The second-order valence-electron chi connectivity index (χ2n) is 9.05. The van der Waals surface area contributed by atoms with Crippen molar-refractivity contribution < 1.29 is 10.2 Å². The van der Waals surface area contributed by atoms with E-state index in [1.807, 2.05) is 54.6 Å². The Kier molecular flexibility index (Phi) is 7.05. The third-order valence-corrected chi connectivity index (χ3v) is 6.16. The molecule has 32 heavy (non-hydrogen) atoms. The molecule has 0 spiro atoms. The smallest absolute Gasteiger partial charge is 0.119 e. The van der Waals surface area contributed by atoms with Gasteiger partial charge in [0.1, 0.15) is 11.5 Å². The summed E-state index contributed by atoms with van der Waals surface area (Å²) < 4.78 is 0. The largest absolute Gasteiger partial charge is 0.508 e. The van der Waals surface area contributed by atoms with Crippen LogP contribution in [0.25, 0.3) is 0 Å². The minimum Gasteiger partial charge on any atom is -0.508 e. The van der Waals surface area contributed by atoms with Gasteiger partial charge < -0.3 is 10.2 Å². The highest BCUT2D eigenvalue weighted by atomic mass is 16.3. The normalized spacial score (nSPS) is 11.4. The van der Waals surface area contributed by atoms with E-state index in [4.69, 9.17) is 0 Å². The number of phenols is 2. The highest BCUT2D eigenvalue weighted by Gasteiger charge is 2.25. The first kappa shape index (κ1) is 23.1. The van der Waals surface area contributed by atoms with E-state index in [1.165, 1.54) is 16.7 Å². The van der Waals surface area contributed by atoms with Gasteiger partial charge in [-0.3, -0.25) is 0 Å². The van der Waals surface area contributed by atoms with Gasteiger partial charge in [-0.2, -0.15) is 0 Å². The number of hydrogen-bond acceptors (Lipinski definition) is 2. The maximum atomic E-state index is 9.91. The number of phenolic OH excluding ortho intramolecular Hbond substituents is 2. The number of aromatic hydroxyl groups is 2. The van der Waals surface area contributed by atoms with Crippen LogP contribution in [0.2, 0.25) is 0 Å². The molecule has 2 N–H and O–H groups in total. The second kappa shape index (κ2) is 9.74. The van der Waals surface area contributed by atoms with Crippen LogP contribution < -0.4 is 0 Å². The lowest BCUT2D eigenvalue weighted by atomic mass is 9.78. The topological polar surface area (TPSA) is 40.5 Å². The van der Waals surface area contributed by atoms with Crippen LogP contribution in [0.1, 0.15) is 49.9 Å². The Morgan fingerprint density at radius 3 is 1.34 bits per heavy atom. The molecule has 0 amide bonds. The molecule has 0 radical (unpaired) electrons. The summed E-state index contributed by atoms with van der Waals surface area (Å²) in [6.07, 6.45) is 0. The molecule has 0 fully saturated rings. The lowest BCUT2D eigenvalue weighted by molar-refractivity contribution is 0.453. The summed E-state index contributed by atoms with van der Waals surface area (Å²) in [6.45, 7) is 8.62. The molecule has 4 rings (SSSR count). The van der Waals surface area contributed by atoms with Gasteiger partial charge in [0.2, 0.25) is 0 Å². The fraction of sp³-hybridized carbons (Fsp3) is 0.200. The van der Waals surface area contributed by atoms with Crippen molar-refractivity contribution in [1.29, 1.82) is 0 Å². The molecule has 0 aliphatic heterocycles. The highest BCUT2D eigenvalue weighted by Crippen LogP contribution is 2.36. The first-order valence-electron chi connectivity index (χ1n) is 10.9. The van der Waals surface area contributed by atoms with Gasteiger partial charge in [-0.1, -0.05) is 119 Å². The Morgan fingerprint density at radius 1 is 0.438 bits per heavy atom. The predicted octanol–water partition coefficient (Wildman–Crippen LogP) is 7.44. The van der Waals surface area contributed by atoms with Gasteiger partial charge in [0, 0.05) is 16.4 Å². The maximum Gasteiger partial charge on any atom is 0.119 e. The molecule has 0 aliphatic carbocycles. The molecule has 0 aliphatic rings. The third-order valence-electron chi connectivity index (χ3n) is 6.16. The van der Waals surface area contributed by atoms with E-state index in [9.17, 15) is 10.2 Å². The first-order chi connectivity index (χ1) is 15.2. The minimum absolute atomic E-state index is 0.0328. The van der Waals surface area contributed by atoms with E-state index in [-0.39, 0.29) is 10.8 Å². The van der Waals surface area contributed by atoms with Gasteiger partial charge >= 0.3 is 0 Å². The fourth-order valence-electron chi connectivity index (χ4n) is 3.91. The van der Waals surface area contributed by atoms with E-state index in [0.29, 0.717) is 11.5 Å². The summed E-state index contributed by atoms with van der Waals surface area (Å²) in [6, 6.07) is 35.6. The zero-order valence-electron chi connectivity index (χ0n) is 19.3. The van der Waals surface area contributed by atoms with Gasteiger partial charge in [0.05, 0.1) is 0 Å². The molecular weight excluding hydrogens is 392 g/mol. The molecule has 4 aromatic carbocycles. The van der Waals surface area contributed by atoms with Crippen molar-refractivity contribution in [3.63, 3.8) is 0 Å². The van der Waals surface area contributed by atoms with Crippen LogP contribution in [0.3, 0.4) is 0 Å². The monoisotopic (exact) mass is 424 g/mol. The second-order valence-corrected chi connectivity index (χ2v) is 9.05. The Hall–Kier alpha value is -3.52. The molecule has 0 heterocycles. The molecular formula is C30H32O2. The SMILES string of the molecule is CC(C)(c1ccccc1)c1ccc(O)cc1.CC(C)(c1ccccc1)c1ccccc1O. The van der Waals surface area contributed by atoms with Crippen molar-refractivity contribution in [3.05, 3.63) is 131 Å². The van der Waals surface area contributed by atoms with E-state index in [2.05, 4.69) is 64.1 Å². The predicted molar refractivity (Wildman–Crippen MR) is 133 cm³/mol. The number of para-hydroxylation sites is 1. The van der Waals surface area contributed by atoms with Crippen molar-refractivity contribution in [2.75, 3.05) is 0 Å². The van der Waals surface area contributed by atoms with E-state index in [1.54, 1.807) is 18.2 Å². The molecule has 2 heteroatoms. The zero-order chi connectivity index (χ0) is 23.2. The average molecular weight is 425 g/mol. The van der Waals surface area contributed by atoms with Crippen LogP contribution in [0, 0.1) is 0 Å². The Balaban J connectivity index is 0.000000181. The van der Waals surface area contributed by atoms with Crippen molar-refractivity contribution in [3.8, 4) is 11.5 Å². The standard InChI is InChI=1S/2C15H16O/c1-15(2,12-8-4-3-5-9-12)13-10-6-7-11-14(13)16;1-15(2,12-6-4-3-5-7-12)13-8-10-14(16)11-9-13/h2*3-11,16H,1-2H3. The maximum absolute atomic E-state index is 9.91. The van der Waals surface area contributed by atoms with Gasteiger partial charge in [0.25, 0.3) is 0 Å². The molecule has 164 valence electrons. The summed E-state index contributed by atoms with van der Waals surface area (Å²) in [5, 5.41) is 19.2. The summed E-state index contributed by atoms with van der Waals surface area (Å²) in [5.41, 5.74) is 4.44. The van der Waals surface area contributed by atoms with Crippen molar-refractivity contribution in [1.82, 2.24) is 0 Å². The lowest BCUT2D eigenvalue weighted by Gasteiger charge is -2.26. The molecule has 2 nitrogen and oxygen atoms in total. The van der Waals surface area contributed by atoms with Crippen LogP contribution in [0.5, 0.6) is 11.5 Å². The highest BCUT2D eigenvalue weighted by molar-refractivity contribution is 5.45. The minimum atomic E-state index is -0.174. The van der Waals surface area contributed by atoms with Crippen molar-refractivity contribution >= 4 is 0 Å². The number of benzene rings is 4. The van der Waals surface area contributed by atoms with E-state index < -0.39 is 0 Å². The van der Waals surface area contributed by atoms with Gasteiger partial charge in [-0.05, 0) is 34.9 Å². The summed E-state index contributed by atoms with van der Waals surface area (Å²) in [4.78, 5) is 0. The van der Waals surface area contributed by atoms with Crippen LogP contribution in [0.4, 0.5) is 0 Å². The van der Waals surface area contributed by atoms with E-state index in [0.717, 1.165) is 5.56 Å². The van der Waals surface area contributed by atoms with Gasteiger partial charge in [-0.15, -0.1) is 0 Å². The number of hydrogen-bond donors (Lipinski definition) is 2. The van der Waals surface area contributed by atoms with Crippen molar-refractivity contribution in [2.24, 2.45) is 0 Å². The molecule has 0 bridgehead atoms. The first-order valence-corrected chi connectivity index (χ1v) is 10.9. The van der Waals surface area contributed by atoms with Crippen LogP contribution in [-0.4, -0.2) is 10.2 Å². The summed E-state index contributed by atoms with van der Waals surface area (Å²) in [5.74, 6) is 0.670. The average Bonchev–Trinajstić information content (AvgIpc) is 2.81. The Bertz CT molecular complexity index is 1110. The van der Waals surface area contributed by atoms with Gasteiger partial charge in [-0.25, -0.2) is 0 Å². The Morgan fingerprint density at radius 2 is 0.844 bits per heavy atom.